The predicted molar refractivity (Wildman–Crippen MR) is 96.2 cm³/mol. The Morgan fingerprint density at radius 3 is 2.58 bits per heavy atom. The molecule has 1 amide bonds. The summed E-state index contributed by atoms with van der Waals surface area (Å²) < 4.78 is 28.9. The van der Waals surface area contributed by atoms with Gasteiger partial charge in [0.05, 0.1) is 12.0 Å². The lowest BCUT2D eigenvalue weighted by molar-refractivity contribution is -0.122. The Balaban J connectivity index is 1.82. The fourth-order valence-electron chi connectivity index (χ4n) is 3.54. The van der Waals surface area contributed by atoms with E-state index in [9.17, 15) is 18.7 Å². The van der Waals surface area contributed by atoms with Gasteiger partial charge in [-0.3, -0.25) is 4.79 Å². The van der Waals surface area contributed by atoms with Crippen LogP contribution in [-0.4, -0.2) is 29.8 Å². The van der Waals surface area contributed by atoms with E-state index in [0.717, 1.165) is 12.8 Å². The molecular formula is C20H29F2NO3. The second kappa shape index (κ2) is 8.33. The van der Waals surface area contributed by atoms with Crippen LogP contribution < -0.4 is 10.1 Å². The highest BCUT2D eigenvalue weighted by Gasteiger charge is 2.37. The van der Waals surface area contributed by atoms with Crippen LogP contribution in [0.5, 0.6) is 5.75 Å². The first-order valence-corrected chi connectivity index (χ1v) is 9.10. The molecule has 0 saturated heterocycles. The smallest absolute Gasteiger partial charge is 0.387 e. The molecule has 1 saturated carbocycles. The van der Waals surface area contributed by atoms with Crippen LogP contribution in [0.25, 0.3) is 0 Å². The monoisotopic (exact) mass is 369 g/mol. The van der Waals surface area contributed by atoms with Crippen LogP contribution in [0.3, 0.4) is 0 Å². The fourth-order valence-corrected chi connectivity index (χ4v) is 3.54. The normalized spacial score (nSPS) is 23.7. The summed E-state index contributed by atoms with van der Waals surface area (Å²) in [5.74, 6) is 0.367. The van der Waals surface area contributed by atoms with Gasteiger partial charge in [-0.15, -0.1) is 0 Å². The van der Waals surface area contributed by atoms with Crippen LogP contribution in [0.2, 0.25) is 0 Å². The molecule has 4 nitrogen and oxygen atoms in total. The number of amides is 1. The molecule has 0 radical (unpaired) electrons. The Hall–Kier alpha value is -1.69. The number of carbonyl (C=O) groups is 1. The first-order chi connectivity index (χ1) is 12.1. The largest absolute Gasteiger partial charge is 0.435 e. The zero-order valence-corrected chi connectivity index (χ0v) is 15.7. The van der Waals surface area contributed by atoms with Crippen LogP contribution in [0.15, 0.2) is 24.3 Å². The van der Waals surface area contributed by atoms with Crippen molar-refractivity contribution in [2.45, 2.75) is 65.1 Å². The standard InChI is InChI=1S/C20H29F2NO3/c1-19(2,3)15-7-9-20(25,10-8-15)13-23-17(24)12-14-5-4-6-16(11-14)26-18(21)22/h4-6,11,15,18,25H,7-10,12-13H2,1-3H3,(H,23,24). The van der Waals surface area contributed by atoms with Crippen molar-refractivity contribution in [2.24, 2.45) is 11.3 Å². The first-order valence-electron chi connectivity index (χ1n) is 9.10. The Labute approximate surface area is 153 Å². The topological polar surface area (TPSA) is 58.6 Å². The minimum absolute atomic E-state index is 0.0319. The van der Waals surface area contributed by atoms with Gasteiger partial charge in [0.25, 0.3) is 0 Å². The van der Waals surface area contributed by atoms with Gasteiger partial charge in [-0.05, 0) is 54.7 Å². The highest BCUT2D eigenvalue weighted by molar-refractivity contribution is 5.78. The second-order valence-electron chi connectivity index (χ2n) is 8.34. The molecule has 2 rings (SSSR count). The highest BCUT2D eigenvalue weighted by atomic mass is 19.3. The molecule has 0 aliphatic heterocycles. The van der Waals surface area contributed by atoms with Crippen molar-refractivity contribution in [1.82, 2.24) is 5.32 Å². The Bertz CT molecular complexity index is 605. The van der Waals surface area contributed by atoms with Crippen LogP contribution in [-0.2, 0) is 11.2 Å². The minimum atomic E-state index is -2.89. The summed E-state index contributed by atoms with van der Waals surface area (Å²) in [6.07, 6.45) is 3.30. The molecule has 1 fully saturated rings. The number of carbonyl (C=O) groups excluding carboxylic acids is 1. The van der Waals surface area contributed by atoms with Gasteiger partial charge in [-0.2, -0.15) is 8.78 Å². The van der Waals surface area contributed by atoms with Crippen molar-refractivity contribution in [2.75, 3.05) is 6.54 Å². The molecule has 0 spiro atoms. The van der Waals surface area contributed by atoms with Crippen molar-refractivity contribution in [3.05, 3.63) is 29.8 Å². The van der Waals surface area contributed by atoms with Crippen molar-refractivity contribution in [3.8, 4) is 5.75 Å². The lowest BCUT2D eigenvalue weighted by atomic mass is 9.68. The molecule has 6 heteroatoms. The number of hydrogen-bond acceptors (Lipinski definition) is 3. The number of ether oxygens (including phenoxy) is 1. The summed E-state index contributed by atoms with van der Waals surface area (Å²) in [5, 5.41) is 13.5. The highest BCUT2D eigenvalue weighted by Crippen LogP contribution is 2.41. The third-order valence-corrected chi connectivity index (χ3v) is 5.24. The average molecular weight is 369 g/mol. The minimum Gasteiger partial charge on any atom is -0.435 e. The number of benzene rings is 1. The van der Waals surface area contributed by atoms with Crippen molar-refractivity contribution >= 4 is 5.91 Å². The van der Waals surface area contributed by atoms with Gasteiger partial charge in [-0.1, -0.05) is 32.9 Å². The van der Waals surface area contributed by atoms with E-state index < -0.39 is 12.2 Å². The Kier molecular flexibility index (Phi) is 6.61. The van der Waals surface area contributed by atoms with E-state index in [-0.39, 0.29) is 30.0 Å². The van der Waals surface area contributed by atoms with Gasteiger partial charge < -0.3 is 15.2 Å². The maximum atomic E-state index is 12.3. The number of hydrogen-bond donors (Lipinski definition) is 2. The van der Waals surface area contributed by atoms with Gasteiger partial charge in [0.1, 0.15) is 5.75 Å². The zero-order chi connectivity index (χ0) is 19.4. The Morgan fingerprint density at radius 1 is 1.35 bits per heavy atom. The van der Waals surface area contributed by atoms with Gasteiger partial charge in [-0.25, -0.2) is 0 Å². The number of nitrogens with one attached hydrogen (secondary N) is 1. The van der Waals surface area contributed by atoms with Gasteiger partial charge >= 0.3 is 6.61 Å². The van der Waals surface area contributed by atoms with Crippen molar-refractivity contribution in [3.63, 3.8) is 0 Å². The van der Waals surface area contributed by atoms with E-state index in [2.05, 4.69) is 30.8 Å². The third-order valence-electron chi connectivity index (χ3n) is 5.24. The maximum absolute atomic E-state index is 12.3. The average Bonchev–Trinajstić information content (AvgIpc) is 2.52. The molecule has 0 bridgehead atoms. The van der Waals surface area contributed by atoms with Crippen molar-refractivity contribution in [1.29, 1.82) is 0 Å². The number of alkyl halides is 2. The molecular weight excluding hydrogens is 340 g/mol. The van der Waals surface area contributed by atoms with E-state index in [1.807, 2.05) is 0 Å². The second-order valence-corrected chi connectivity index (χ2v) is 8.34. The van der Waals surface area contributed by atoms with Crippen LogP contribution in [0.4, 0.5) is 8.78 Å². The van der Waals surface area contributed by atoms with Crippen LogP contribution in [0, 0.1) is 11.3 Å². The molecule has 2 N–H and O–H groups in total. The van der Waals surface area contributed by atoms with E-state index in [4.69, 9.17) is 0 Å². The summed E-state index contributed by atoms with van der Waals surface area (Å²) in [7, 11) is 0. The summed E-state index contributed by atoms with van der Waals surface area (Å²) in [6.45, 7) is 3.98. The van der Waals surface area contributed by atoms with E-state index >= 15 is 0 Å². The predicted octanol–water partition coefficient (Wildman–Crippen LogP) is 3.91. The third kappa shape index (κ3) is 6.24. The van der Waals surface area contributed by atoms with Gasteiger partial charge in [0, 0.05) is 6.54 Å². The Morgan fingerprint density at radius 2 is 2.00 bits per heavy atom. The maximum Gasteiger partial charge on any atom is 0.387 e. The molecule has 146 valence electrons. The number of rotatable bonds is 6. The molecule has 1 aromatic rings. The fraction of sp³-hybridized carbons (Fsp3) is 0.650. The van der Waals surface area contributed by atoms with Crippen LogP contribution >= 0.6 is 0 Å². The summed E-state index contributed by atoms with van der Waals surface area (Å²) >= 11 is 0. The van der Waals surface area contributed by atoms with Crippen LogP contribution in [0.1, 0.15) is 52.0 Å². The van der Waals surface area contributed by atoms with Gasteiger partial charge in [0.15, 0.2) is 0 Å². The lowest BCUT2D eigenvalue weighted by Crippen LogP contribution is -2.46. The molecule has 0 heterocycles. The van der Waals surface area contributed by atoms with E-state index in [1.54, 1.807) is 12.1 Å². The molecule has 0 atom stereocenters. The molecule has 1 aliphatic carbocycles. The molecule has 26 heavy (non-hydrogen) atoms. The molecule has 1 aromatic carbocycles. The SMILES string of the molecule is CC(C)(C)C1CCC(O)(CNC(=O)Cc2cccc(OC(F)F)c2)CC1. The first kappa shape index (κ1) is 20.6. The zero-order valence-electron chi connectivity index (χ0n) is 15.7. The number of halogens is 2. The van der Waals surface area contributed by atoms with E-state index in [1.165, 1.54) is 12.1 Å². The molecule has 1 aliphatic rings. The summed E-state index contributed by atoms with van der Waals surface area (Å²) in [5.41, 5.74) is -0.0439. The summed E-state index contributed by atoms with van der Waals surface area (Å²) in [6, 6.07) is 6.10. The van der Waals surface area contributed by atoms with Gasteiger partial charge in [0.2, 0.25) is 5.91 Å². The quantitative estimate of drug-likeness (QED) is 0.799. The summed E-state index contributed by atoms with van der Waals surface area (Å²) in [4.78, 5) is 12.1. The van der Waals surface area contributed by atoms with Crippen molar-refractivity contribution < 1.29 is 23.4 Å². The molecule has 0 aromatic heterocycles. The lowest BCUT2D eigenvalue weighted by Gasteiger charge is -2.41. The molecule has 0 unspecified atom stereocenters. The number of aliphatic hydroxyl groups is 1. The van der Waals surface area contributed by atoms with E-state index in [0.29, 0.717) is 24.3 Å².